The number of aliphatic hydroxyl groups is 1. The van der Waals surface area contributed by atoms with Gasteiger partial charge in [0.1, 0.15) is 12.1 Å². The molecular weight excluding hydrogens is 280 g/mol. The Morgan fingerprint density at radius 2 is 1.91 bits per heavy atom. The predicted molar refractivity (Wildman–Crippen MR) is 87.3 cm³/mol. The molecule has 2 N–H and O–H groups in total. The van der Waals surface area contributed by atoms with Gasteiger partial charge in [-0.25, -0.2) is 9.97 Å². The van der Waals surface area contributed by atoms with Crippen LogP contribution in [0.1, 0.15) is 18.2 Å². The third-order valence-electron chi connectivity index (χ3n) is 2.85. The third-order valence-corrected chi connectivity index (χ3v) is 2.85. The fourth-order valence-electron chi connectivity index (χ4n) is 1.67. The van der Waals surface area contributed by atoms with Gasteiger partial charge in [-0.3, -0.25) is 10.4 Å². The van der Waals surface area contributed by atoms with Crippen LogP contribution in [-0.4, -0.2) is 40.7 Å². The third kappa shape index (κ3) is 4.46. The lowest BCUT2D eigenvalue weighted by molar-refractivity contribution is 0.399. The van der Waals surface area contributed by atoms with Crippen LogP contribution in [0.5, 0.6) is 11.6 Å². The summed E-state index contributed by atoms with van der Waals surface area (Å²) in [6.45, 7) is 3.67. The number of aliphatic hydroxyl groups excluding tert-OH is 1. The molecule has 2 rings (SSSR count). The first-order valence-electron chi connectivity index (χ1n) is 6.64. The molecule has 2 aromatic rings. The van der Waals surface area contributed by atoms with Crippen LogP contribution in [0.4, 0.5) is 0 Å². The molecule has 1 aromatic heterocycles. The van der Waals surface area contributed by atoms with Crippen LogP contribution in [0.2, 0.25) is 0 Å². The molecule has 22 heavy (non-hydrogen) atoms. The Kier molecular flexibility index (Phi) is 6.85. The van der Waals surface area contributed by atoms with Crippen LogP contribution in [0, 0.1) is 12.3 Å². The fourth-order valence-corrected chi connectivity index (χ4v) is 1.67. The van der Waals surface area contributed by atoms with Crippen molar-refractivity contribution >= 4 is 11.4 Å². The van der Waals surface area contributed by atoms with E-state index in [-0.39, 0.29) is 0 Å². The summed E-state index contributed by atoms with van der Waals surface area (Å²) in [4.78, 5) is 12.1. The molecule has 0 bridgehead atoms. The molecule has 0 aliphatic heterocycles. The molecule has 0 aliphatic rings. The summed E-state index contributed by atoms with van der Waals surface area (Å²) in [5.74, 6) is 1.04. The van der Waals surface area contributed by atoms with Crippen molar-refractivity contribution in [3.8, 4) is 11.6 Å². The van der Waals surface area contributed by atoms with Crippen molar-refractivity contribution in [1.82, 2.24) is 9.97 Å². The molecular formula is C16H20N4O2. The van der Waals surface area contributed by atoms with Gasteiger partial charge in [-0.05, 0) is 26.0 Å². The zero-order valence-electron chi connectivity index (χ0n) is 13.2. The number of nitrogens with zero attached hydrogens (tertiary/aromatic N) is 3. The number of nitrogens with one attached hydrogen (secondary N) is 1. The van der Waals surface area contributed by atoms with Crippen LogP contribution in [-0.2, 0) is 0 Å². The Balaban J connectivity index is 0.00000116. The van der Waals surface area contributed by atoms with Crippen LogP contribution in [0.25, 0.3) is 0 Å². The van der Waals surface area contributed by atoms with E-state index in [1.54, 1.807) is 20.0 Å². The molecule has 116 valence electrons. The Bertz CT molecular complexity index is 669. The minimum Gasteiger partial charge on any atom is -0.438 e. The van der Waals surface area contributed by atoms with Crippen molar-refractivity contribution in [1.29, 1.82) is 5.41 Å². The summed E-state index contributed by atoms with van der Waals surface area (Å²) in [5.41, 5.74) is 2.51. The van der Waals surface area contributed by atoms with E-state index in [1.165, 1.54) is 6.33 Å². The van der Waals surface area contributed by atoms with E-state index in [2.05, 4.69) is 15.0 Å². The normalized spacial score (nSPS) is 10.5. The molecule has 0 atom stereocenters. The summed E-state index contributed by atoms with van der Waals surface area (Å²) in [7, 11) is 2.67. The summed E-state index contributed by atoms with van der Waals surface area (Å²) in [6.07, 6.45) is 1.46. The second kappa shape index (κ2) is 8.63. The first kappa shape index (κ1) is 17.5. The van der Waals surface area contributed by atoms with Crippen molar-refractivity contribution in [3.63, 3.8) is 0 Å². The highest BCUT2D eigenvalue weighted by Crippen LogP contribution is 2.24. The maximum atomic E-state index is 8.14. The smallest absolute Gasteiger partial charge is 0.222 e. The second-order valence-corrected chi connectivity index (χ2v) is 4.28. The molecule has 1 heterocycles. The van der Waals surface area contributed by atoms with Crippen molar-refractivity contribution in [2.45, 2.75) is 13.8 Å². The molecule has 0 unspecified atom stereocenters. The van der Waals surface area contributed by atoms with Gasteiger partial charge in [0.15, 0.2) is 0 Å². The van der Waals surface area contributed by atoms with Gasteiger partial charge >= 0.3 is 0 Å². The molecule has 0 saturated heterocycles. The predicted octanol–water partition coefficient (Wildman–Crippen LogP) is 2.64. The highest BCUT2D eigenvalue weighted by atomic mass is 16.5. The van der Waals surface area contributed by atoms with E-state index in [9.17, 15) is 0 Å². The lowest BCUT2D eigenvalue weighted by Gasteiger charge is -2.11. The van der Waals surface area contributed by atoms with Gasteiger partial charge in [-0.15, -0.1) is 0 Å². The number of hydrogen-bond acceptors (Lipinski definition) is 6. The SMILES string of the molecule is CN=C(C)C(=N)c1ccccc1Oc1cc(C)ncn1.CO. The summed E-state index contributed by atoms with van der Waals surface area (Å²) >= 11 is 0. The number of aliphatic imine (C=N–C) groups is 1. The zero-order chi connectivity index (χ0) is 16.5. The minimum absolute atomic E-state index is 0.342. The van der Waals surface area contributed by atoms with Gasteiger partial charge in [0.25, 0.3) is 0 Å². The highest BCUT2D eigenvalue weighted by Gasteiger charge is 2.12. The fraction of sp³-hybridized carbons (Fsp3) is 0.250. The summed E-state index contributed by atoms with van der Waals surface area (Å²) in [6, 6.07) is 9.12. The molecule has 0 saturated carbocycles. The van der Waals surface area contributed by atoms with Crippen LogP contribution < -0.4 is 4.74 Å². The van der Waals surface area contributed by atoms with Crippen LogP contribution in [0.15, 0.2) is 41.7 Å². The second-order valence-electron chi connectivity index (χ2n) is 4.28. The average Bonchev–Trinajstić information content (AvgIpc) is 2.56. The van der Waals surface area contributed by atoms with Crippen molar-refractivity contribution in [2.75, 3.05) is 14.2 Å². The summed E-state index contributed by atoms with van der Waals surface area (Å²) < 4.78 is 5.76. The molecule has 0 aliphatic carbocycles. The Hall–Kier alpha value is -2.60. The number of ether oxygens (including phenoxy) is 1. The quantitative estimate of drug-likeness (QED) is 0.849. The van der Waals surface area contributed by atoms with E-state index >= 15 is 0 Å². The van der Waals surface area contributed by atoms with E-state index in [4.69, 9.17) is 15.3 Å². The van der Waals surface area contributed by atoms with E-state index in [0.29, 0.717) is 28.6 Å². The number of aryl methyl sites for hydroxylation is 1. The monoisotopic (exact) mass is 300 g/mol. The number of aromatic nitrogens is 2. The van der Waals surface area contributed by atoms with Crippen molar-refractivity contribution < 1.29 is 9.84 Å². The van der Waals surface area contributed by atoms with Gasteiger partial charge < -0.3 is 9.84 Å². The van der Waals surface area contributed by atoms with Gasteiger partial charge in [0.2, 0.25) is 5.88 Å². The van der Waals surface area contributed by atoms with Crippen LogP contribution in [0.3, 0.4) is 0 Å². The zero-order valence-corrected chi connectivity index (χ0v) is 13.2. The number of benzene rings is 1. The topological polar surface area (TPSA) is 91.5 Å². The average molecular weight is 300 g/mol. The lowest BCUT2D eigenvalue weighted by Crippen LogP contribution is -2.11. The maximum Gasteiger partial charge on any atom is 0.222 e. The first-order valence-corrected chi connectivity index (χ1v) is 6.64. The maximum absolute atomic E-state index is 8.14. The minimum atomic E-state index is 0.342. The Morgan fingerprint density at radius 3 is 2.55 bits per heavy atom. The van der Waals surface area contributed by atoms with Crippen molar-refractivity contribution in [3.05, 3.63) is 47.9 Å². The number of hydrogen-bond donors (Lipinski definition) is 2. The molecule has 0 spiro atoms. The first-order chi connectivity index (χ1) is 10.6. The highest BCUT2D eigenvalue weighted by molar-refractivity contribution is 6.46. The van der Waals surface area contributed by atoms with Gasteiger partial charge in [0.05, 0.1) is 11.4 Å². The molecule has 0 radical (unpaired) electrons. The molecule has 0 fully saturated rings. The van der Waals surface area contributed by atoms with Gasteiger partial charge in [-0.2, -0.15) is 0 Å². The summed E-state index contributed by atoms with van der Waals surface area (Å²) in [5, 5.41) is 15.1. The molecule has 6 nitrogen and oxygen atoms in total. The van der Waals surface area contributed by atoms with Gasteiger partial charge in [0, 0.05) is 31.5 Å². The van der Waals surface area contributed by atoms with Crippen LogP contribution >= 0.6 is 0 Å². The molecule has 0 amide bonds. The van der Waals surface area contributed by atoms with E-state index < -0.39 is 0 Å². The standard InChI is InChI=1S/C15H16N4O.CH4O/c1-10-8-14(19-9-18-10)20-13-7-5-4-6-12(13)15(16)11(2)17-3;1-2/h4-9,16H,1-3H3;2H,1H3. The Labute approximate surface area is 130 Å². The number of rotatable bonds is 4. The van der Waals surface area contributed by atoms with E-state index in [1.807, 2.05) is 31.2 Å². The number of para-hydroxylation sites is 1. The van der Waals surface area contributed by atoms with Gasteiger partial charge in [-0.1, -0.05) is 12.1 Å². The lowest BCUT2D eigenvalue weighted by atomic mass is 10.1. The molecule has 1 aromatic carbocycles. The Morgan fingerprint density at radius 1 is 1.23 bits per heavy atom. The molecule has 6 heteroatoms. The van der Waals surface area contributed by atoms with E-state index in [0.717, 1.165) is 12.8 Å². The van der Waals surface area contributed by atoms with Crippen molar-refractivity contribution in [2.24, 2.45) is 4.99 Å². The largest absolute Gasteiger partial charge is 0.438 e.